The van der Waals surface area contributed by atoms with Crippen molar-refractivity contribution >= 4 is 17.7 Å². The smallest absolute Gasteiger partial charge is 0.233 e. The molecular weight excluding hydrogens is 372 g/mol. The first-order chi connectivity index (χ1) is 13.5. The van der Waals surface area contributed by atoms with E-state index in [4.69, 9.17) is 4.42 Å². The summed E-state index contributed by atoms with van der Waals surface area (Å²) in [5.74, 6) is 2.05. The zero-order chi connectivity index (χ0) is 20.1. The number of para-hydroxylation sites is 1. The number of hydrogen-bond donors (Lipinski definition) is 1. The van der Waals surface area contributed by atoms with Gasteiger partial charge in [0.1, 0.15) is 5.76 Å². The van der Waals surface area contributed by atoms with E-state index >= 15 is 0 Å². The van der Waals surface area contributed by atoms with Crippen LogP contribution >= 0.6 is 11.8 Å². The number of thioether (sulfide) groups is 1. The van der Waals surface area contributed by atoms with Crippen LogP contribution in [0.5, 0.6) is 0 Å². The first kappa shape index (κ1) is 20.2. The summed E-state index contributed by atoms with van der Waals surface area (Å²) in [6.45, 7) is 8.77. The monoisotopic (exact) mass is 398 g/mol. The van der Waals surface area contributed by atoms with Gasteiger partial charge in [0.05, 0.1) is 17.1 Å². The number of benzene rings is 1. The molecule has 2 aromatic heterocycles. The molecule has 3 rings (SSSR count). The van der Waals surface area contributed by atoms with Crippen molar-refractivity contribution in [3.05, 3.63) is 48.4 Å². The number of rotatable bonds is 8. The molecule has 7 heteroatoms. The molecule has 1 N–H and O–H groups in total. The average Bonchev–Trinajstić information content (AvgIpc) is 3.27. The Morgan fingerprint density at radius 2 is 1.93 bits per heavy atom. The van der Waals surface area contributed by atoms with Gasteiger partial charge >= 0.3 is 0 Å². The van der Waals surface area contributed by atoms with Crippen molar-refractivity contribution in [1.29, 1.82) is 0 Å². The van der Waals surface area contributed by atoms with Crippen LogP contribution in [0, 0.1) is 12.8 Å². The van der Waals surface area contributed by atoms with Crippen LogP contribution in [-0.4, -0.2) is 32.5 Å². The number of carbonyl (C=O) groups excluding carboxylic acids is 1. The molecule has 1 aromatic carbocycles. The van der Waals surface area contributed by atoms with E-state index in [1.807, 2.05) is 54.8 Å². The molecule has 0 saturated carbocycles. The fourth-order valence-corrected chi connectivity index (χ4v) is 3.68. The number of furan rings is 1. The highest BCUT2D eigenvalue weighted by molar-refractivity contribution is 8.00. The third kappa shape index (κ3) is 4.65. The van der Waals surface area contributed by atoms with Crippen LogP contribution in [0.1, 0.15) is 33.0 Å². The number of aromatic nitrogens is 3. The fraction of sp³-hybridized carbons (Fsp3) is 0.381. The molecule has 0 radical (unpaired) electrons. The number of aryl methyl sites for hydroxylation is 1. The first-order valence-corrected chi connectivity index (χ1v) is 10.3. The zero-order valence-electron chi connectivity index (χ0n) is 16.7. The van der Waals surface area contributed by atoms with Crippen molar-refractivity contribution in [3.8, 4) is 17.1 Å². The SMILES string of the molecule is Cc1occc1-c1nnc(SC(C)C(=O)NCCC(C)C)n1-c1ccccc1. The van der Waals surface area contributed by atoms with E-state index in [2.05, 4.69) is 29.4 Å². The summed E-state index contributed by atoms with van der Waals surface area (Å²) in [6, 6.07) is 11.8. The van der Waals surface area contributed by atoms with Gasteiger partial charge in [-0.05, 0) is 44.4 Å². The Morgan fingerprint density at radius 1 is 1.18 bits per heavy atom. The van der Waals surface area contributed by atoms with Gasteiger partial charge in [0.25, 0.3) is 0 Å². The third-order valence-corrected chi connectivity index (χ3v) is 5.46. The molecule has 0 aliphatic heterocycles. The number of nitrogens with one attached hydrogen (secondary N) is 1. The minimum absolute atomic E-state index is 0.00861. The highest BCUT2D eigenvalue weighted by Gasteiger charge is 2.23. The van der Waals surface area contributed by atoms with E-state index in [-0.39, 0.29) is 11.2 Å². The maximum atomic E-state index is 12.5. The third-order valence-electron chi connectivity index (χ3n) is 4.42. The van der Waals surface area contributed by atoms with Crippen LogP contribution in [0.3, 0.4) is 0 Å². The minimum atomic E-state index is -0.280. The average molecular weight is 399 g/mol. The molecule has 0 saturated heterocycles. The Bertz CT molecular complexity index is 918. The standard InChI is InChI=1S/C21H26N4O2S/c1-14(2)10-12-22-20(26)16(4)28-21-24-23-19(18-11-13-27-15(18)3)25(21)17-8-6-5-7-9-17/h5-9,11,13-14,16H,10,12H2,1-4H3,(H,22,26). The van der Waals surface area contributed by atoms with Crippen LogP contribution < -0.4 is 5.32 Å². The second-order valence-corrected chi connectivity index (χ2v) is 8.41. The predicted octanol–water partition coefficient (Wildman–Crippen LogP) is 4.48. The van der Waals surface area contributed by atoms with Crippen LogP contribution in [0.2, 0.25) is 0 Å². The molecule has 0 bridgehead atoms. The number of amides is 1. The summed E-state index contributed by atoms with van der Waals surface area (Å²) in [5, 5.41) is 12.2. The van der Waals surface area contributed by atoms with Gasteiger partial charge in [-0.15, -0.1) is 10.2 Å². The summed E-state index contributed by atoms with van der Waals surface area (Å²) in [6.07, 6.45) is 2.61. The Labute approximate surface area is 169 Å². The van der Waals surface area contributed by atoms with E-state index < -0.39 is 0 Å². The highest BCUT2D eigenvalue weighted by Crippen LogP contribution is 2.31. The molecular formula is C21H26N4O2S. The number of carbonyl (C=O) groups is 1. The normalized spacial score (nSPS) is 12.3. The molecule has 2 heterocycles. The topological polar surface area (TPSA) is 72.9 Å². The van der Waals surface area contributed by atoms with Gasteiger partial charge in [-0.1, -0.05) is 43.8 Å². The molecule has 3 aromatic rings. The van der Waals surface area contributed by atoms with Gasteiger partial charge in [0.15, 0.2) is 11.0 Å². The molecule has 148 valence electrons. The lowest BCUT2D eigenvalue weighted by Gasteiger charge is -2.14. The fourth-order valence-electron chi connectivity index (χ4n) is 2.79. The van der Waals surface area contributed by atoms with Crippen molar-refractivity contribution < 1.29 is 9.21 Å². The van der Waals surface area contributed by atoms with Gasteiger partial charge < -0.3 is 9.73 Å². The minimum Gasteiger partial charge on any atom is -0.469 e. The van der Waals surface area contributed by atoms with E-state index in [1.54, 1.807) is 6.26 Å². The molecule has 0 fully saturated rings. The number of hydrogen-bond acceptors (Lipinski definition) is 5. The molecule has 1 amide bonds. The molecule has 0 aliphatic rings. The summed E-state index contributed by atoms with van der Waals surface area (Å²) in [5.41, 5.74) is 1.83. The molecule has 1 unspecified atom stereocenters. The van der Waals surface area contributed by atoms with E-state index in [0.717, 1.165) is 23.4 Å². The molecule has 6 nitrogen and oxygen atoms in total. The van der Waals surface area contributed by atoms with Crippen LogP contribution in [-0.2, 0) is 4.79 Å². The van der Waals surface area contributed by atoms with E-state index in [1.165, 1.54) is 11.8 Å². The Balaban J connectivity index is 1.86. The lowest BCUT2D eigenvalue weighted by molar-refractivity contribution is -0.120. The Kier molecular flexibility index (Phi) is 6.57. The summed E-state index contributed by atoms with van der Waals surface area (Å²) >= 11 is 1.40. The highest BCUT2D eigenvalue weighted by atomic mass is 32.2. The Morgan fingerprint density at radius 3 is 2.57 bits per heavy atom. The zero-order valence-corrected chi connectivity index (χ0v) is 17.5. The van der Waals surface area contributed by atoms with Crippen molar-refractivity contribution in [3.63, 3.8) is 0 Å². The van der Waals surface area contributed by atoms with E-state index in [9.17, 15) is 4.79 Å². The van der Waals surface area contributed by atoms with Gasteiger partial charge in [0.2, 0.25) is 5.91 Å². The predicted molar refractivity (Wildman–Crippen MR) is 112 cm³/mol. The molecule has 0 aliphatic carbocycles. The van der Waals surface area contributed by atoms with Crippen molar-refractivity contribution in [2.75, 3.05) is 6.54 Å². The van der Waals surface area contributed by atoms with Gasteiger partial charge in [0, 0.05) is 12.2 Å². The molecule has 0 spiro atoms. The lowest BCUT2D eigenvalue weighted by atomic mass is 10.1. The lowest BCUT2D eigenvalue weighted by Crippen LogP contribution is -2.32. The molecule has 28 heavy (non-hydrogen) atoms. The second kappa shape index (κ2) is 9.10. The van der Waals surface area contributed by atoms with Gasteiger partial charge in [-0.2, -0.15) is 0 Å². The van der Waals surface area contributed by atoms with Crippen molar-refractivity contribution in [2.45, 2.75) is 44.5 Å². The molecule has 1 atom stereocenters. The maximum absolute atomic E-state index is 12.5. The van der Waals surface area contributed by atoms with E-state index in [0.29, 0.717) is 23.4 Å². The first-order valence-electron chi connectivity index (χ1n) is 9.47. The summed E-state index contributed by atoms with van der Waals surface area (Å²) < 4.78 is 7.42. The van der Waals surface area contributed by atoms with Crippen LogP contribution in [0.4, 0.5) is 0 Å². The summed E-state index contributed by atoms with van der Waals surface area (Å²) in [7, 11) is 0. The number of nitrogens with zero attached hydrogens (tertiary/aromatic N) is 3. The van der Waals surface area contributed by atoms with Gasteiger partial charge in [-0.3, -0.25) is 9.36 Å². The van der Waals surface area contributed by atoms with Crippen LogP contribution in [0.25, 0.3) is 17.1 Å². The quantitative estimate of drug-likeness (QED) is 0.567. The van der Waals surface area contributed by atoms with Crippen LogP contribution in [0.15, 0.2) is 52.2 Å². The van der Waals surface area contributed by atoms with Gasteiger partial charge in [-0.25, -0.2) is 0 Å². The second-order valence-electron chi connectivity index (χ2n) is 7.10. The largest absolute Gasteiger partial charge is 0.469 e. The van der Waals surface area contributed by atoms with Crippen molar-refractivity contribution in [1.82, 2.24) is 20.1 Å². The van der Waals surface area contributed by atoms with Crippen molar-refractivity contribution in [2.24, 2.45) is 5.92 Å². The Hall–Kier alpha value is -2.54. The maximum Gasteiger partial charge on any atom is 0.233 e. The summed E-state index contributed by atoms with van der Waals surface area (Å²) in [4.78, 5) is 12.5.